The number of aromatic nitrogens is 6. The number of urea groups is 1. The van der Waals surface area contributed by atoms with E-state index in [1.807, 2.05) is 0 Å². The zero-order valence-electron chi connectivity index (χ0n) is 26.7. The number of rotatable bonds is 11. The van der Waals surface area contributed by atoms with Gasteiger partial charge in [-0.05, 0) is 58.0 Å². The molecule has 2 aromatic heterocycles. The predicted octanol–water partition coefficient (Wildman–Crippen LogP) is -3.49. The molecule has 0 aliphatic carbocycles. The second-order valence-electron chi connectivity index (χ2n) is 10.8. The van der Waals surface area contributed by atoms with Gasteiger partial charge in [0.1, 0.15) is 34.6 Å². The van der Waals surface area contributed by atoms with Gasteiger partial charge >= 0.3 is 35.6 Å². The summed E-state index contributed by atoms with van der Waals surface area (Å²) >= 11 is 2.43. The molecule has 1 unspecified atom stereocenters. The number of carboxylic acid groups (broad SMARTS) is 1. The van der Waals surface area contributed by atoms with Gasteiger partial charge in [0.2, 0.25) is 17.0 Å². The van der Waals surface area contributed by atoms with Gasteiger partial charge in [0.05, 0.1) is 17.9 Å². The number of fused-ring (bicyclic) bond motifs is 1. The second-order valence-corrected chi connectivity index (χ2v) is 12.8. The van der Waals surface area contributed by atoms with Crippen LogP contribution in [0.1, 0.15) is 11.6 Å². The average Bonchev–Trinajstić information content (AvgIpc) is 3.51. The largest absolute Gasteiger partial charge is 1.00 e. The summed E-state index contributed by atoms with van der Waals surface area (Å²) in [4.78, 5) is 72.4. The number of tetrazole rings is 1. The first kappa shape index (κ1) is 37.2. The first-order valence-electron chi connectivity index (χ1n) is 14.5. The minimum Gasteiger partial charge on any atom is -0.543 e. The molecule has 2 aromatic carbocycles. The Labute approximate surface area is 318 Å². The summed E-state index contributed by atoms with van der Waals surface area (Å²) in [5.41, 5.74) is -0.0933. The van der Waals surface area contributed by atoms with E-state index in [2.05, 4.69) is 46.8 Å². The Morgan fingerprint density at radius 1 is 1.10 bits per heavy atom. The second kappa shape index (κ2) is 15.9. The maximum Gasteiger partial charge on any atom is 1.00 e. The third-order valence-electron chi connectivity index (χ3n) is 7.44. The van der Waals surface area contributed by atoms with Crippen LogP contribution in [0.25, 0.3) is 0 Å². The number of phenolic OH excluding ortho intramolecular Hbond substituents is 2. The SMILES string of the molecule is Cn1nnnc1SCC1=C(C(=O)[O-])N2C(=O)C(NC(=O)[C@H](NC(=O)Nc3cnc(Nc4ccc(O)cc4)[nH]c3=O)c3ccc(O)cc3)[C@H]2SC1.[Na+]. The number of aliphatic carboxylic acids is 1. The molecule has 22 heteroatoms. The predicted molar refractivity (Wildman–Crippen MR) is 176 cm³/mol. The molecule has 4 amide bonds. The van der Waals surface area contributed by atoms with Gasteiger partial charge in [0.25, 0.3) is 11.5 Å². The number of amides is 4. The van der Waals surface area contributed by atoms with Crippen molar-refractivity contribution >= 4 is 64.7 Å². The van der Waals surface area contributed by atoms with Crippen LogP contribution < -0.4 is 61.5 Å². The van der Waals surface area contributed by atoms with E-state index in [1.54, 1.807) is 19.2 Å². The Kier molecular flexibility index (Phi) is 11.6. The van der Waals surface area contributed by atoms with Crippen molar-refractivity contribution in [3.63, 3.8) is 0 Å². The Morgan fingerprint density at radius 2 is 1.78 bits per heavy atom. The maximum absolute atomic E-state index is 13.6. The van der Waals surface area contributed by atoms with Crippen LogP contribution in [0.15, 0.2) is 75.9 Å². The average molecular weight is 744 g/mol. The van der Waals surface area contributed by atoms with Gasteiger partial charge in [-0.15, -0.1) is 16.9 Å². The fourth-order valence-electron chi connectivity index (χ4n) is 5.00. The van der Waals surface area contributed by atoms with E-state index in [0.29, 0.717) is 16.4 Å². The summed E-state index contributed by atoms with van der Waals surface area (Å²) in [6, 6.07) is 7.82. The summed E-state index contributed by atoms with van der Waals surface area (Å²) < 4.78 is 1.42. The van der Waals surface area contributed by atoms with E-state index in [-0.39, 0.29) is 75.5 Å². The first-order chi connectivity index (χ1) is 24.0. The number of nitrogens with zero attached hydrogens (tertiary/aromatic N) is 6. The summed E-state index contributed by atoms with van der Waals surface area (Å²) in [7, 11) is 1.63. The molecule has 51 heavy (non-hydrogen) atoms. The van der Waals surface area contributed by atoms with E-state index in [0.717, 1.165) is 11.1 Å². The van der Waals surface area contributed by atoms with Gasteiger partial charge in [-0.2, -0.15) is 0 Å². The fraction of sp³-hybridized carbons (Fsp3) is 0.207. The number of β-lactam (4-membered cyclic amide) rings is 1. The first-order valence-corrected chi connectivity index (χ1v) is 16.6. The van der Waals surface area contributed by atoms with Gasteiger partial charge in [-0.1, -0.05) is 23.9 Å². The molecule has 3 atom stereocenters. The normalized spacial score (nSPS) is 17.0. The zero-order valence-corrected chi connectivity index (χ0v) is 30.3. The Morgan fingerprint density at radius 3 is 2.41 bits per heavy atom. The summed E-state index contributed by atoms with van der Waals surface area (Å²) in [6.07, 6.45) is 1.10. The van der Waals surface area contributed by atoms with E-state index in [9.17, 15) is 39.3 Å². The molecule has 0 spiro atoms. The molecular formula is C29H26N11NaO8S2. The number of carbonyl (C=O) groups is 4. The van der Waals surface area contributed by atoms with Crippen molar-refractivity contribution < 1.29 is 64.1 Å². The van der Waals surface area contributed by atoms with Gasteiger partial charge in [0.15, 0.2) is 0 Å². The van der Waals surface area contributed by atoms with Gasteiger partial charge in [-0.25, -0.2) is 14.5 Å². The molecule has 258 valence electrons. The molecule has 4 heterocycles. The number of H-pyrrole nitrogens is 1. The van der Waals surface area contributed by atoms with E-state index in [4.69, 9.17) is 0 Å². The molecule has 7 N–H and O–H groups in total. The van der Waals surface area contributed by atoms with Gasteiger partial charge in [-0.3, -0.25) is 24.3 Å². The summed E-state index contributed by atoms with van der Waals surface area (Å²) in [5, 5.41) is 52.4. The Bertz CT molecular complexity index is 2060. The molecule has 0 bridgehead atoms. The number of benzene rings is 2. The van der Waals surface area contributed by atoms with Crippen molar-refractivity contribution in [3.8, 4) is 11.5 Å². The van der Waals surface area contributed by atoms with Crippen molar-refractivity contribution in [2.24, 2.45) is 7.05 Å². The number of hydrogen-bond donors (Lipinski definition) is 7. The van der Waals surface area contributed by atoms with E-state index < -0.39 is 46.8 Å². The number of aryl methyl sites for hydroxylation is 1. The van der Waals surface area contributed by atoms with Crippen LogP contribution in [-0.2, 0) is 21.4 Å². The smallest absolute Gasteiger partial charge is 0.543 e. The van der Waals surface area contributed by atoms with Crippen molar-refractivity contribution in [2.75, 3.05) is 22.1 Å². The van der Waals surface area contributed by atoms with Crippen LogP contribution in [0.4, 0.5) is 22.1 Å². The minimum absolute atomic E-state index is 0. The van der Waals surface area contributed by atoms with Crippen LogP contribution in [0.3, 0.4) is 0 Å². The number of aromatic amines is 1. The van der Waals surface area contributed by atoms with Crippen LogP contribution >= 0.6 is 23.5 Å². The number of aromatic hydroxyl groups is 2. The van der Waals surface area contributed by atoms with Crippen molar-refractivity contribution in [1.82, 2.24) is 45.7 Å². The third-order valence-corrected chi connectivity index (χ3v) is 9.87. The topological polar surface area (TPSA) is 273 Å². The zero-order chi connectivity index (χ0) is 35.5. The van der Waals surface area contributed by atoms with E-state index >= 15 is 0 Å². The number of carboxylic acids is 1. The van der Waals surface area contributed by atoms with Gasteiger partial charge < -0.3 is 41.4 Å². The quantitative estimate of drug-likeness (QED) is 0.0340. The maximum atomic E-state index is 13.6. The minimum atomic E-state index is -1.55. The summed E-state index contributed by atoms with van der Waals surface area (Å²) in [6.45, 7) is 0. The monoisotopic (exact) mass is 743 g/mol. The molecular weight excluding hydrogens is 718 g/mol. The van der Waals surface area contributed by atoms with Crippen LogP contribution in [0.5, 0.6) is 11.5 Å². The Balaban J connectivity index is 0.00000504. The third kappa shape index (κ3) is 8.28. The number of carbonyl (C=O) groups excluding carboxylic acids is 4. The summed E-state index contributed by atoms with van der Waals surface area (Å²) in [5.74, 6) is -2.66. The molecule has 2 aliphatic heterocycles. The number of hydrogen-bond acceptors (Lipinski definition) is 15. The fourth-order valence-corrected chi connectivity index (χ4v) is 7.33. The molecule has 1 fully saturated rings. The molecule has 1 saturated heterocycles. The molecule has 19 nitrogen and oxygen atoms in total. The molecule has 6 rings (SSSR count). The number of anilines is 3. The molecule has 0 saturated carbocycles. The molecule has 0 radical (unpaired) electrons. The molecule has 2 aliphatic rings. The standard InChI is InChI=1S/C29H27N11O8S2.Na/c1-39-29(36-37-38-39)50-12-14-11-49-25-20(24(45)40(25)21(14)26(46)47)33-23(44)19(13-2-6-16(41)7-3-13)34-28(48)32-18-10-30-27(35-22(18)43)31-15-4-8-17(42)9-5-15;/h2-10,19-20,25,41-42H,11-12H2,1H3,(H,33,44)(H,46,47)(H2,32,34,48)(H2,30,31,35,43);/q;+1/p-1/t19-,20?,25-;/m1./s1. The van der Waals surface area contributed by atoms with Crippen LogP contribution in [0, 0.1) is 0 Å². The van der Waals surface area contributed by atoms with E-state index in [1.165, 1.54) is 64.6 Å². The van der Waals surface area contributed by atoms with Crippen LogP contribution in [0.2, 0.25) is 0 Å². The number of thioether (sulfide) groups is 2. The number of phenols is 2. The van der Waals surface area contributed by atoms with Crippen molar-refractivity contribution in [2.45, 2.75) is 22.6 Å². The van der Waals surface area contributed by atoms with Crippen LogP contribution in [-0.4, -0.2) is 92.0 Å². The molecule has 4 aromatic rings. The number of nitrogens with one attached hydrogen (secondary N) is 5. The Hall–Kier alpha value is -5.09. The van der Waals surface area contributed by atoms with Crippen molar-refractivity contribution in [1.29, 1.82) is 0 Å². The van der Waals surface area contributed by atoms with Crippen molar-refractivity contribution in [3.05, 3.63) is 81.9 Å². The van der Waals surface area contributed by atoms with Gasteiger partial charge in [0, 0.05) is 24.2 Å².